The van der Waals surface area contributed by atoms with Crippen LogP contribution in [-0.2, 0) is 7.05 Å². The first kappa shape index (κ1) is 12.2. The van der Waals surface area contributed by atoms with Crippen LogP contribution in [0.2, 0.25) is 0 Å². The average Bonchev–Trinajstić information content (AvgIpc) is 3.26. The zero-order chi connectivity index (χ0) is 14.4. The lowest BCUT2D eigenvalue weighted by Gasteiger charge is -2.08. The first-order chi connectivity index (χ1) is 10.2. The Morgan fingerprint density at radius 1 is 1.24 bits per heavy atom. The van der Waals surface area contributed by atoms with E-state index in [1.54, 1.807) is 17.0 Å². The van der Waals surface area contributed by atoms with Gasteiger partial charge in [0, 0.05) is 42.9 Å². The molecule has 1 saturated carbocycles. The average molecular weight is 280 g/mol. The fourth-order valence-corrected chi connectivity index (χ4v) is 2.63. The molecule has 0 bridgehead atoms. The first-order valence-corrected chi connectivity index (χ1v) is 7.11. The van der Waals surface area contributed by atoms with Gasteiger partial charge in [-0.05, 0) is 36.4 Å². The second-order valence-electron chi connectivity index (χ2n) is 5.54. The number of benzene rings is 1. The third-order valence-corrected chi connectivity index (χ3v) is 3.96. The molecule has 21 heavy (non-hydrogen) atoms. The zero-order valence-electron chi connectivity index (χ0n) is 11.8. The van der Waals surface area contributed by atoms with Crippen LogP contribution in [0.5, 0.6) is 0 Å². The van der Waals surface area contributed by atoms with E-state index in [4.69, 9.17) is 0 Å². The smallest absolute Gasteiger partial charge is 0.293 e. The minimum absolute atomic E-state index is 0.0491. The SMILES string of the molecule is Cn1ccc2ccc(Nc3nccn(C4CC4)c3=O)cc21. The summed E-state index contributed by atoms with van der Waals surface area (Å²) in [4.78, 5) is 16.6. The van der Waals surface area contributed by atoms with Gasteiger partial charge in [0.15, 0.2) is 5.82 Å². The van der Waals surface area contributed by atoms with E-state index in [9.17, 15) is 4.79 Å². The topological polar surface area (TPSA) is 51.9 Å². The number of hydrogen-bond donors (Lipinski definition) is 1. The van der Waals surface area contributed by atoms with E-state index in [0.29, 0.717) is 11.9 Å². The summed E-state index contributed by atoms with van der Waals surface area (Å²) in [5.74, 6) is 0.387. The molecule has 1 fully saturated rings. The highest BCUT2D eigenvalue weighted by Gasteiger charge is 2.25. The second kappa shape index (κ2) is 4.48. The monoisotopic (exact) mass is 280 g/mol. The number of aromatic nitrogens is 3. The van der Waals surface area contributed by atoms with Gasteiger partial charge in [0.1, 0.15) is 0 Å². The van der Waals surface area contributed by atoms with E-state index >= 15 is 0 Å². The Hall–Kier alpha value is -2.56. The van der Waals surface area contributed by atoms with Crippen molar-refractivity contribution in [2.75, 3.05) is 5.32 Å². The molecule has 0 radical (unpaired) electrons. The lowest BCUT2D eigenvalue weighted by atomic mass is 10.2. The Morgan fingerprint density at radius 3 is 2.90 bits per heavy atom. The van der Waals surface area contributed by atoms with E-state index in [1.807, 2.05) is 31.4 Å². The van der Waals surface area contributed by atoms with Crippen molar-refractivity contribution in [2.24, 2.45) is 7.05 Å². The van der Waals surface area contributed by atoms with Crippen molar-refractivity contribution < 1.29 is 0 Å². The molecule has 4 rings (SSSR count). The number of anilines is 2. The zero-order valence-corrected chi connectivity index (χ0v) is 11.8. The van der Waals surface area contributed by atoms with Crippen LogP contribution in [0.1, 0.15) is 18.9 Å². The standard InChI is InChI=1S/C16H16N4O/c1-19-8-6-11-2-3-12(10-14(11)19)18-15-16(21)20(9-7-17-15)13-4-5-13/h2-3,6-10,13H,4-5H2,1H3,(H,17,18). The molecule has 0 spiro atoms. The number of fused-ring (bicyclic) bond motifs is 1. The summed E-state index contributed by atoms with van der Waals surface area (Å²) in [6, 6.07) is 8.47. The van der Waals surface area contributed by atoms with Crippen molar-refractivity contribution in [3.05, 3.63) is 53.2 Å². The predicted octanol–water partition coefficient (Wildman–Crippen LogP) is 2.81. The van der Waals surface area contributed by atoms with Crippen molar-refractivity contribution >= 4 is 22.4 Å². The molecule has 2 aromatic heterocycles. The van der Waals surface area contributed by atoms with Gasteiger partial charge in [-0.2, -0.15) is 0 Å². The van der Waals surface area contributed by atoms with Crippen LogP contribution in [0.3, 0.4) is 0 Å². The number of nitrogens with zero attached hydrogens (tertiary/aromatic N) is 3. The normalized spacial score (nSPS) is 14.5. The molecule has 0 unspecified atom stereocenters. The molecule has 1 aliphatic carbocycles. The number of hydrogen-bond acceptors (Lipinski definition) is 3. The van der Waals surface area contributed by atoms with E-state index in [-0.39, 0.29) is 5.56 Å². The van der Waals surface area contributed by atoms with E-state index < -0.39 is 0 Å². The van der Waals surface area contributed by atoms with Gasteiger partial charge in [-0.1, -0.05) is 6.07 Å². The number of nitrogens with one attached hydrogen (secondary N) is 1. The summed E-state index contributed by atoms with van der Waals surface area (Å²) in [6.07, 6.45) is 7.64. The van der Waals surface area contributed by atoms with E-state index in [2.05, 4.69) is 20.9 Å². The Kier molecular flexibility index (Phi) is 2.60. The van der Waals surface area contributed by atoms with Crippen molar-refractivity contribution in [1.29, 1.82) is 0 Å². The lowest BCUT2D eigenvalue weighted by molar-refractivity contribution is 0.701. The summed E-state index contributed by atoms with van der Waals surface area (Å²) in [7, 11) is 2.01. The minimum atomic E-state index is -0.0491. The van der Waals surface area contributed by atoms with Crippen molar-refractivity contribution in [2.45, 2.75) is 18.9 Å². The summed E-state index contributed by atoms with van der Waals surface area (Å²) in [5.41, 5.74) is 1.95. The Morgan fingerprint density at radius 2 is 2.10 bits per heavy atom. The van der Waals surface area contributed by atoms with Crippen LogP contribution in [0, 0.1) is 0 Å². The quantitative estimate of drug-likeness (QED) is 0.802. The highest BCUT2D eigenvalue weighted by molar-refractivity contribution is 5.84. The molecule has 0 amide bonds. The molecule has 0 aliphatic heterocycles. The van der Waals surface area contributed by atoms with Gasteiger partial charge < -0.3 is 14.5 Å². The van der Waals surface area contributed by atoms with Crippen molar-refractivity contribution in [3.63, 3.8) is 0 Å². The van der Waals surface area contributed by atoms with Crippen LogP contribution in [0.4, 0.5) is 11.5 Å². The minimum Gasteiger partial charge on any atom is -0.350 e. The molecule has 0 atom stereocenters. The third-order valence-electron chi connectivity index (χ3n) is 3.96. The molecule has 3 aromatic rings. The van der Waals surface area contributed by atoms with Gasteiger partial charge in [-0.25, -0.2) is 4.98 Å². The molecule has 5 nitrogen and oxygen atoms in total. The maximum atomic E-state index is 12.4. The molecule has 1 aliphatic rings. The summed E-state index contributed by atoms with van der Waals surface area (Å²) in [5, 5.41) is 4.33. The largest absolute Gasteiger partial charge is 0.350 e. The van der Waals surface area contributed by atoms with Gasteiger partial charge in [0.05, 0.1) is 0 Å². The van der Waals surface area contributed by atoms with Gasteiger partial charge in [-0.3, -0.25) is 4.79 Å². The fourth-order valence-electron chi connectivity index (χ4n) is 2.63. The Labute approximate surface area is 121 Å². The van der Waals surface area contributed by atoms with Gasteiger partial charge in [0.25, 0.3) is 5.56 Å². The van der Waals surface area contributed by atoms with Crippen molar-refractivity contribution in [3.8, 4) is 0 Å². The van der Waals surface area contributed by atoms with Crippen LogP contribution in [-0.4, -0.2) is 14.1 Å². The van der Waals surface area contributed by atoms with Crippen LogP contribution < -0.4 is 10.9 Å². The summed E-state index contributed by atoms with van der Waals surface area (Å²) in [6.45, 7) is 0. The molecule has 0 saturated heterocycles. The van der Waals surface area contributed by atoms with Gasteiger partial charge >= 0.3 is 0 Å². The molecule has 2 heterocycles. The molecular weight excluding hydrogens is 264 g/mol. The molecule has 5 heteroatoms. The van der Waals surface area contributed by atoms with Crippen LogP contribution in [0.15, 0.2) is 47.7 Å². The Balaban J connectivity index is 1.72. The number of rotatable bonds is 3. The maximum absolute atomic E-state index is 12.4. The second-order valence-corrected chi connectivity index (χ2v) is 5.54. The third kappa shape index (κ3) is 2.11. The molecule has 106 valence electrons. The van der Waals surface area contributed by atoms with Gasteiger partial charge in [0.2, 0.25) is 0 Å². The maximum Gasteiger partial charge on any atom is 0.293 e. The predicted molar refractivity (Wildman–Crippen MR) is 83.0 cm³/mol. The first-order valence-electron chi connectivity index (χ1n) is 7.11. The molecular formula is C16H16N4O. The van der Waals surface area contributed by atoms with Crippen LogP contribution in [0.25, 0.3) is 10.9 Å². The molecule has 1 N–H and O–H groups in total. The lowest BCUT2D eigenvalue weighted by Crippen LogP contribution is -2.22. The highest BCUT2D eigenvalue weighted by atomic mass is 16.1. The summed E-state index contributed by atoms with van der Waals surface area (Å²) < 4.78 is 3.83. The van der Waals surface area contributed by atoms with Crippen molar-refractivity contribution in [1.82, 2.24) is 14.1 Å². The van der Waals surface area contributed by atoms with E-state index in [0.717, 1.165) is 24.0 Å². The van der Waals surface area contributed by atoms with Gasteiger partial charge in [-0.15, -0.1) is 0 Å². The van der Waals surface area contributed by atoms with E-state index in [1.165, 1.54) is 5.39 Å². The van der Waals surface area contributed by atoms with Crippen LogP contribution >= 0.6 is 0 Å². The summed E-state index contributed by atoms with van der Waals surface area (Å²) >= 11 is 0. The molecule has 1 aromatic carbocycles. The Bertz CT molecular complexity index is 873. The fraction of sp³-hybridized carbons (Fsp3) is 0.250. The number of aryl methyl sites for hydroxylation is 1. The highest BCUT2D eigenvalue weighted by Crippen LogP contribution is 2.33.